The molecule has 0 amide bonds. The molecule has 1 aromatic heterocycles. The van der Waals surface area contributed by atoms with Crippen LogP contribution >= 0.6 is 0 Å². The lowest BCUT2D eigenvalue weighted by atomic mass is 9.99. The maximum Gasteiger partial charge on any atom is 0.113 e. The van der Waals surface area contributed by atoms with E-state index >= 15 is 0 Å². The molecule has 0 unspecified atom stereocenters. The molecule has 3 rings (SSSR count). The van der Waals surface area contributed by atoms with Crippen LogP contribution in [0.1, 0.15) is 30.3 Å². The van der Waals surface area contributed by atoms with Crippen molar-refractivity contribution in [3.05, 3.63) is 47.5 Å². The molecular formula is C15H19N3. The van der Waals surface area contributed by atoms with E-state index in [1.54, 1.807) is 0 Å². The van der Waals surface area contributed by atoms with Gasteiger partial charge in [0, 0.05) is 25.4 Å². The highest BCUT2D eigenvalue weighted by Crippen LogP contribution is 2.23. The van der Waals surface area contributed by atoms with E-state index < -0.39 is 0 Å². The van der Waals surface area contributed by atoms with Crippen LogP contribution in [-0.4, -0.2) is 16.1 Å². The summed E-state index contributed by atoms with van der Waals surface area (Å²) in [4.78, 5) is 4.48. The number of rotatable bonds is 3. The third-order valence-corrected chi connectivity index (χ3v) is 3.57. The van der Waals surface area contributed by atoms with Crippen LogP contribution in [0.3, 0.4) is 0 Å². The van der Waals surface area contributed by atoms with Crippen molar-refractivity contribution in [2.24, 2.45) is 0 Å². The Hall–Kier alpha value is -1.61. The van der Waals surface area contributed by atoms with E-state index in [9.17, 15) is 0 Å². The summed E-state index contributed by atoms with van der Waals surface area (Å²) in [6, 6.07) is 6.59. The first-order valence-corrected chi connectivity index (χ1v) is 6.74. The van der Waals surface area contributed by atoms with Crippen molar-refractivity contribution in [3.63, 3.8) is 0 Å². The summed E-state index contributed by atoms with van der Waals surface area (Å²) >= 11 is 0. The third kappa shape index (κ3) is 1.95. The first-order valence-electron chi connectivity index (χ1n) is 6.74. The molecule has 3 nitrogen and oxygen atoms in total. The van der Waals surface area contributed by atoms with E-state index in [2.05, 4.69) is 46.2 Å². The third-order valence-electron chi connectivity index (χ3n) is 3.57. The molecule has 0 spiro atoms. The van der Waals surface area contributed by atoms with E-state index in [0.717, 1.165) is 32.4 Å². The van der Waals surface area contributed by atoms with Gasteiger partial charge in [0.1, 0.15) is 5.82 Å². The van der Waals surface area contributed by atoms with Crippen LogP contribution in [-0.2, 0) is 19.4 Å². The Morgan fingerprint density at radius 1 is 1.39 bits per heavy atom. The van der Waals surface area contributed by atoms with Gasteiger partial charge in [-0.1, -0.05) is 19.1 Å². The lowest BCUT2D eigenvalue weighted by Crippen LogP contribution is -2.24. The Bertz CT molecular complexity index is 542. The molecule has 1 aliphatic rings. The largest absolute Gasteiger partial charge is 0.312 e. The van der Waals surface area contributed by atoms with Crippen LogP contribution in [0.2, 0.25) is 0 Å². The zero-order valence-corrected chi connectivity index (χ0v) is 10.8. The van der Waals surface area contributed by atoms with Gasteiger partial charge in [0.25, 0.3) is 0 Å². The molecule has 94 valence electrons. The minimum absolute atomic E-state index is 0.987. The van der Waals surface area contributed by atoms with Crippen LogP contribution in [0.5, 0.6) is 0 Å². The minimum Gasteiger partial charge on any atom is -0.312 e. The van der Waals surface area contributed by atoms with Crippen molar-refractivity contribution in [2.75, 3.05) is 6.54 Å². The predicted molar refractivity (Wildman–Crippen MR) is 73.0 cm³/mol. The maximum absolute atomic E-state index is 4.48. The number of hydrogen-bond donors (Lipinski definition) is 1. The van der Waals surface area contributed by atoms with Gasteiger partial charge >= 0.3 is 0 Å². The van der Waals surface area contributed by atoms with Gasteiger partial charge in [0.15, 0.2) is 0 Å². The first kappa shape index (κ1) is 11.5. The zero-order valence-electron chi connectivity index (χ0n) is 10.8. The molecule has 0 atom stereocenters. The summed E-state index contributed by atoms with van der Waals surface area (Å²) in [6.07, 6.45) is 7.27. The lowest BCUT2D eigenvalue weighted by Gasteiger charge is -2.21. The van der Waals surface area contributed by atoms with Crippen molar-refractivity contribution in [3.8, 4) is 5.69 Å². The summed E-state index contributed by atoms with van der Waals surface area (Å²) < 4.78 is 2.26. The smallest absolute Gasteiger partial charge is 0.113 e. The second-order valence-corrected chi connectivity index (χ2v) is 4.81. The van der Waals surface area contributed by atoms with E-state index in [0.29, 0.717) is 0 Å². The molecule has 3 heteroatoms. The molecule has 1 N–H and O–H groups in total. The minimum atomic E-state index is 0.987. The van der Waals surface area contributed by atoms with E-state index in [4.69, 9.17) is 0 Å². The number of aromatic nitrogens is 2. The normalized spacial score (nSPS) is 14.5. The molecule has 1 aliphatic heterocycles. The number of benzene rings is 1. The molecule has 0 saturated carbocycles. The Balaban J connectivity index is 2.08. The van der Waals surface area contributed by atoms with E-state index in [1.165, 1.54) is 22.6 Å². The monoisotopic (exact) mass is 241 g/mol. The second kappa shape index (κ2) is 4.94. The van der Waals surface area contributed by atoms with E-state index in [-0.39, 0.29) is 0 Å². The molecule has 2 aromatic rings. The Kier molecular flexibility index (Phi) is 3.15. The van der Waals surface area contributed by atoms with Gasteiger partial charge in [-0.2, -0.15) is 0 Å². The molecule has 1 aromatic carbocycles. The molecule has 0 fully saturated rings. The van der Waals surface area contributed by atoms with Crippen molar-refractivity contribution in [2.45, 2.75) is 32.7 Å². The Morgan fingerprint density at radius 3 is 3.22 bits per heavy atom. The predicted octanol–water partition coefficient (Wildman–Crippen LogP) is 2.47. The van der Waals surface area contributed by atoms with Crippen LogP contribution in [0.15, 0.2) is 30.6 Å². The van der Waals surface area contributed by atoms with Crippen LogP contribution in [0.4, 0.5) is 0 Å². The van der Waals surface area contributed by atoms with Gasteiger partial charge in [-0.25, -0.2) is 4.98 Å². The van der Waals surface area contributed by atoms with Crippen LogP contribution < -0.4 is 5.32 Å². The fraction of sp³-hybridized carbons (Fsp3) is 0.400. The number of nitrogens with one attached hydrogen (secondary N) is 1. The fourth-order valence-corrected chi connectivity index (χ4v) is 2.70. The molecule has 0 aliphatic carbocycles. The zero-order chi connectivity index (χ0) is 12.4. The van der Waals surface area contributed by atoms with Crippen molar-refractivity contribution in [1.82, 2.24) is 14.9 Å². The van der Waals surface area contributed by atoms with E-state index in [1.807, 2.05) is 6.20 Å². The number of nitrogens with zero attached hydrogens (tertiary/aromatic N) is 2. The average molecular weight is 241 g/mol. The van der Waals surface area contributed by atoms with Gasteiger partial charge in [-0.3, -0.25) is 0 Å². The molecule has 18 heavy (non-hydrogen) atoms. The number of hydrogen-bond acceptors (Lipinski definition) is 2. The van der Waals surface area contributed by atoms with Crippen molar-refractivity contribution >= 4 is 0 Å². The molecule has 0 radical (unpaired) electrons. The Morgan fingerprint density at radius 2 is 2.33 bits per heavy atom. The van der Waals surface area contributed by atoms with Crippen molar-refractivity contribution in [1.29, 1.82) is 0 Å². The summed E-state index contributed by atoms with van der Waals surface area (Å²) in [6.45, 7) is 4.26. The van der Waals surface area contributed by atoms with Gasteiger partial charge < -0.3 is 9.88 Å². The maximum atomic E-state index is 4.48. The van der Waals surface area contributed by atoms with Gasteiger partial charge in [0.05, 0.1) is 5.69 Å². The molecular weight excluding hydrogens is 222 g/mol. The summed E-state index contributed by atoms with van der Waals surface area (Å²) in [5.41, 5.74) is 4.22. The highest BCUT2D eigenvalue weighted by atomic mass is 15.1. The van der Waals surface area contributed by atoms with Gasteiger partial charge in [0.2, 0.25) is 0 Å². The SMILES string of the molecule is CCCc1nccn1-c1cccc2c1CCNC2. The topological polar surface area (TPSA) is 29.9 Å². The van der Waals surface area contributed by atoms with Crippen LogP contribution in [0, 0.1) is 0 Å². The molecule has 2 heterocycles. The molecule has 0 saturated heterocycles. The second-order valence-electron chi connectivity index (χ2n) is 4.81. The average Bonchev–Trinajstić information content (AvgIpc) is 2.87. The number of imidazole rings is 1. The summed E-state index contributed by atoms with van der Waals surface area (Å²) in [7, 11) is 0. The Labute approximate surface area is 108 Å². The molecule has 0 bridgehead atoms. The number of fused-ring (bicyclic) bond motifs is 1. The highest BCUT2D eigenvalue weighted by molar-refractivity contribution is 5.48. The van der Waals surface area contributed by atoms with Crippen LogP contribution in [0.25, 0.3) is 5.69 Å². The summed E-state index contributed by atoms with van der Waals surface area (Å²) in [5.74, 6) is 1.17. The highest BCUT2D eigenvalue weighted by Gasteiger charge is 2.14. The quantitative estimate of drug-likeness (QED) is 0.894. The van der Waals surface area contributed by atoms with Gasteiger partial charge in [-0.05, 0) is 36.6 Å². The fourth-order valence-electron chi connectivity index (χ4n) is 2.70. The summed E-state index contributed by atoms with van der Waals surface area (Å²) in [5, 5.41) is 3.43. The lowest BCUT2D eigenvalue weighted by molar-refractivity contribution is 0.639. The van der Waals surface area contributed by atoms with Gasteiger partial charge in [-0.15, -0.1) is 0 Å². The first-order chi connectivity index (χ1) is 8.90. The standard InChI is InChI=1S/C15H19N3/c1-2-4-15-17-9-10-18(15)14-6-3-5-12-11-16-8-7-13(12)14/h3,5-6,9-10,16H,2,4,7-8,11H2,1H3. The van der Waals surface area contributed by atoms with Crippen molar-refractivity contribution < 1.29 is 0 Å². The number of aryl methyl sites for hydroxylation is 1.